The Bertz CT molecular complexity index is 536. The maximum Gasteiger partial charge on any atom is 0.322 e. The second-order valence-electron chi connectivity index (χ2n) is 5.95. The van der Waals surface area contributed by atoms with Crippen molar-refractivity contribution in [2.75, 3.05) is 44.6 Å². The van der Waals surface area contributed by atoms with E-state index in [2.05, 4.69) is 10.2 Å². The van der Waals surface area contributed by atoms with Crippen molar-refractivity contribution in [3.63, 3.8) is 0 Å². The molecule has 2 fully saturated rings. The number of halogens is 2. The number of para-hydroxylation sites is 1. The number of nitrogens with zero attached hydrogens (tertiary/aromatic N) is 2. The van der Waals surface area contributed by atoms with Crippen molar-refractivity contribution in [3.8, 4) is 0 Å². The molecule has 0 radical (unpaired) electrons. The van der Waals surface area contributed by atoms with E-state index in [4.69, 9.17) is 27.9 Å². The molecule has 1 aromatic rings. The summed E-state index contributed by atoms with van der Waals surface area (Å²) >= 11 is 12.2. The zero-order chi connectivity index (χ0) is 16.2. The summed E-state index contributed by atoms with van der Waals surface area (Å²) in [5.74, 6) is 0. The lowest BCUT2D eigenvalue weighted by Crippen LogP contribution is -2.51. The second-order valence-corrected chi connectivity index (χ2v) is 6.76. The van der Waals surface area contributed by atoms with Crippen molar-refractivity contribution in [2.24, 2.45) is 0 Å². The van der Waals surface area contributed by atoms with Gasteiger partial charge in [0.05, 0.1) is 21.8 Å². The Balaban J connectivity index is 1.50. The number of carbonyl (C=O) groups is 1. The van der Waals surface area contributed by atoms with Crippen molar-refractivity contribution >= 4 is 34.9 Å². The predicted octanol–water partition coefficient (Wildman–Crippen LogP) is 3.32. The summed E-state index contributed by atoms with van der Waals surface area (Å²) in [5, 5.41) is 3.71. The molecule has 0 aliphatic carbocycles. The van der Waals surface area contributed by atoms with Crippen LogP contribution < -0.4 is 5.32 Å². The Kier molecular flexibility index (Phi) is 5.64. The zero-order valence-corrected chi connectivity index (χ0v) is 14.4. The minimum Gasteiger partial charge on any atom is -0.377 e. The molecular weight excluding hydrogens is 337 g/mol. The van der Waals surface area contributed by atoms with Crippen LogP contribution in [-0.2, 0) is 4.74 Å². The molecule has 2 saturated heterocycles. The van der Waals surface area contributed by atoms with E-state index in [1.807, 2.05) is 0 Å². The molecule has 0 saturated carbocycles. The fraction of sp³-hybridized carbons (Fsp3) is 0.562. The quantitative estimate of drug-likeness (QED) is 0.902. The first kappa shape index (κ1) is 16.8. The Hall–Kier alpha value is -1.01. The van der Waals surface area contributed by atoms with Gasteiger partial charge in [-0.25, -0.2) is 4.79 Å². The van der Waals surface area contributed by atoms with E-state index in [0.717, 1.165) is 39.1 Å². The molecule has 23 heavy (non-hydrogen) atoms. The van der Waals surface area contributed by atoms with Gasteiger partial charge < -0.3 is 15.0 Å². The second kappa shape index (κ2) is 7.71. The Labute approximate surface area is 146 Å². The van der Waals surface area contributed by atoms with Crippen LogP contribution in [0.2, 0.25) is 10.0 Å². The molecule has 0 aromatic heterocycles. The zero-order valence-electron chi connectivity index (χ0n) is 12.9. The van der Waals surface area contributed by atoms with Crippen molar-refractivity contribution in [3.05, 3.63) is 28.2 Å². The SMILES string of the molecule is O=C(Nc1c(Cl)cccc1Cl)N1CCN(CC2CCCO2)CC1. The van der Waals surface area contributed by atoms with Crippen LogP contribution in [0.25, 0.3) is 0 Å². The molecule has 3 rings (SSSR count). The fourth-order valence-corrected chi connectivity index (χ4v) is 3.51. The average Bonchev–Trinajstić information content (AvgIpc) is 3.04. The topological polar surface area (TPSA) is 44.8 Å². The van der Waals surface area contributed by atoms with E-state index < -0.39 is 0 Å². The average molecular weight is 358 g/mol. The molecule has 2 heterocycles. The number of hydrogen-bond donors (Lipinski definition) is 1. The van der Waals surface area contributed by atoms with Crippen LogP contribution in [0.15, 0.2) is 18.2 Å². The lowest BCUT2D eigenvalue weighted by molar-refractivity contribution is 0.0572. The van der Waals surface area contributed by atoms with Gasteiger partial charge in [-0.05, 0) is 25.0 Å². The number of carbonyl (C=O) groups excluding carboxylic acids is 1. The number of anilines is 1. The van der Waals surface area contributed by atoms with Gasteiger partial charge >= 0.3 is 6.03 Å². The number of hydrogen-bond acceptors (Lipinski definition) is 3. The van der Waals surface area contributed by atoms with Crippen LogP contribution in [-0.4, -0.2) is 61.3 Å². The first-order valence-corrected chi connectivity index (χ1v) is 8.73. The Morgan fingerprint density at radius 2 is 1.91 bits per heavy atom. The van der Waals surface area contributed by atoms with Crippen molar-refractivity contribution in [2.45, 2.75) is 18.9 Å². The lowest BCUT2D eigenvalue weighted by Gasteiger charge is -2.35. The minimum atomic E-state index is -0.156. The first-order chi connectivity index (χ1) is 11.1. The van der Waals surface area contributed by atoms with Gasteiger partial charge in [0.2, 0.25) is 0 Å². The van der Waals surface area contributed by atoms with Crippen LogP contribution in [0.1, 0.15) is 12.8 Å². The molecule has 7 heteroatoms. The first-order valence-electron chi connectivity index (χ1n) is 7.97. The molecular formula is C16H21Cl2N3O2. The molecule has 2 amide bonds. The van der Waals surface area contributed by atoms with Gasteiger partial charge in [-0.3, -0.25) is 4.90 Å². The maximum absolute atomic E-state index is 12.4. The summed E-state index contributed by atoms with van der Waals surface area (Å²) in [7, 11) is 0. The van der Waals surface area contributed by atoms with Crippen LogP contribution >= 0.6 is 23.2 Å². The maximum atomic E-state index is 12.4. The third-order valence-corrected chi connectivity index (χ3v) is 4.97. The lowest BCUT2D eigenvalue weighted by atomic mass is 10.2. The number of benzene rings is 1. The largest absolute Gasteiger partial charge is 0.377 e. The standard InChI is InChI=1S/C16H21Cl2N3O2/c17-13-4-1-5-14(18)15(13)19-16(22)21-8-6-20(7-9-21)11-12-3-2-10-23-12/h1,4-5,12H,2-3,6-11H2,(H,19,22). The monoisotopic (exact) mass is 357 g/mol. The third-order valence-electron chi connectivity index (χ3n) is 4.34. The number of nitrogens with one attached hydrogen (secondary N) is 1. The number of urea groups is 1. The predicted molar refractivity (Wildman–Crippen MR) is 92.5 cm³/mol. The van der Waals surface area contributed by atoms with Gasteiger partial charge in [0.25, 0.3) is 0 Å². The van der Waals surface area contributed by atoms with E-state index in [1.165, 1.54) is 0 Å². The van der Waals surface area contributed by atoms with Crippen LogP contribution in [0.4, 0.5) is 10.5 Å². The summed E-state index contributed by atoms with van der Waals surface area (Å²) in [6.07, 6.45) is 2.66. The number of piperazine rings is 1. The van der Waals surface area contributed by atoms with Gasteiger partial charge in [-0.2, -0.15) is 0 Å². The van der Waals surface area contributed by atoms with Crippen LogP contribution in [0.5, 0.6) is 0 Å². The fourth-order valence-electron chi connectivity index (χ4n) is 3.01. The summed E-state index contributed by atoms with van der Waals surface area (Å²) in [4.78, 5) is 16.5. The van der Waals surface area contributed by atoms with Crippen molar-refractivity contribution in [1.29, 1.82) is 0 Å². The van der Waals surface area contributed by atoms with E-state index >= 15 is 0 Å². The highest BCUT2D eigenvalue weighted by atomic mass is 35.5. The van der Waals surface area contributed by atoms with E-state index in [9.17, 15) is 4.79 Å². The Morgan fingerprint density at radius 1 is 1.22 bits per heavy atom. The molecule has 1 atom stereocenters. The molecule has 1 unspecified atom stereocenters. The summed E-state index contributed by atoms with van der Waals surface area (Å²) in [6, 6.07) is 5.02. The molecule has 126 valence electrons. The van der Waals surface area contributed by atoms with Crippen LogP contribution in [0, 0.1) is 0 Å². The molecule has 0 bridgehead atoms. The number of amides is 2. The van der Waals surface area contributed by atoms with Crippen molar-refractivity contribution in [1.82, 2.24) is 9.80 Å². The smallest absolute Gasteiger partial charge is 0.322 e. The molecule has 0 spiro atoms. The molecule has 1 aromatic carbocycles. The molecule has 1 N–H and O–H groups in total. The molecule has 2 aliphatic rings. The van der Waals surface area contributed by atoms with E-state index in [-0.39, 0.29) is 6.03 Å². The summed E-state index contributed by atoms with van der Waals surface area (Å²) in [5.41, 5.74) is 0.475. The molecule has 2 aliphatic heterocycles. The summed E-state index contributed by atoms with van der Waals surface area (Å²) < 4.78 is 5.67. The van der Waals surface area contributed by atoms with Gasteiger partial charge in [-0.1, -0.05) is 29.3 Å². The molecule has 5 nitrogen and oxygen atoms in total. The highest BCUT2D eigenvalue weighted by molar-refractivity contribution is 6.39. The summed E-state index contributed by atoms with van der Waals surface area (Å²) in [6.45, 7) is 4.96. The van der Waals surface area contributed by atoms with Gasteiger partial charge in [0.1, 0.15) is 0 Å². The number of ether oxygens (including phenoxy) is 1. The van der Waals surface area contributed by atoms with Gasteiger partial charge in [0.15, 0.2) is 0 Å². The highest BCUT2D eigenvalue weighted by Gasteiger charge is 2.25. The van der Waals surface area contributed by atoms with Gasteiger partial charge in [0, 0.05) is 39.3 Å². The van der Waals surface area contributed by atoms with E-state index in [1.54, 1.807) is 23.1 Å². The number of rotatable bonds is 3. The van der Waals surface area contributed by atoms with Crippen LogP contribution in [0.3, 0.4) is 0 Å². The van der Waals surface area contributed by atoms with Gasteiger partial charge in [-0.15, -0.1) is 0 Å². The normalized spacial score (nSPS) is 22.3. The minimum absolute atomic E-state index is 0.156. The van der Waals surface area contributed by atoms with E-state index in [0.29, 0.717) is 34.9 Å². The van der Waals surface area contributed by atoms with Crippen molar-refractivity contribution < 1.29 is 9.53 Å². The third kappa shape index (κ3) is 4.29. The Morgan fingerprint density at radius 3 is 2.52 bits per heavy atom. The highest BCUT2D eigenvalue weighted by Crippen LogP contribution is 2.30.